The molecule has 9 heteroatoms. The Morgan fingerprint density at radius 1 is 1.05 bits per heavy atom. The van der Waals surface area contributed by atoms with Crippen molar-refractivity contribution in [3.8, 4) is 11.8 Å². The number of H-pyrrole nitrogens is 1. The van der Waals surface area contributed by atoms with Gasteiger partial charge in [0.2, 0.25) is 5.91 Å². The number of ether oxygens (including phenoxy) is 1. The van der Waals surface area contributed by atoms with Gasteiger partial charge in [-0.2, -0.15) is 5.26 Å². The van der Waals surface area contributed by atoms with Crippen LogP contribution in [0, 0.1) is 11.3 Å². The Morgan fingerprint density at radius 2 is 1.86 bits per heavy atom. The Hall–Kier alpha value is -4.71. The highest BCUT2D eigenvalue weighted by atomic mass is 16.5. The number of aromatic nitrogens is 3. The fourth-order valence-electron chi connectivity index (χ4n) is 4.32. The topological polar surface area (TPSA) is 115 Å². The number of anilines is 1. The molecule has 4 aromatic rings. The molecule has 0 aliphatic carbocycles. The summed E-state index contributed by atoms with van der Waals surface area (Å²) in [6.07, 6.45) is 2.18. The molecule has 0 atom stereocenters. The number of pyridine rings is 1. The van der Waals surface area contributed by atoms with Crippen molar-refractivity contribution in [3.63, 3.8) is 0 Å². The van der Waals surface area contributed by atoms with E-state index in [9.17, 15) is 9.59 Å². The summed E-state index contributed by atoms with van der Waals surface area (Å²) >= 11 is 0. The summed E-state index contributed by atoms with van der Waals surface area (Å²) in [5, 5.41) is 9.38. The summed E-state index contributed by atoms with van der Waals surface area (Å²) < 4.78 is 5.83. The average Bonchev–Trinajstić information content (AvgIpc) is 2.95. The lowest BCUT2D eigenvalue weighted by molar-refractivity contribution is -0.131. The predicted octanol–water partition coefficient (Wildman–Crippen LogP) is 3.05. The van der Waals surface area contributed by atoms with Gasteiger partial charge in [-0.25, -0.2) is 9.97 Å². The normalized spacial score (nSPS) is 13.4. The van der Waals surface area contributed by atoms with E-state index in [1.54, 1.807) is 30.5 Å². The average molecular weight is 495 g/mol. The molecule has 0 unspecified atom stereocenters. The summed E-state index contributed by atoms with van der Waals surface area (Å²) in [5.41, 5.74) is 1.89. The Balaban J connectivity index is 1.16. The third kappa shape index (κ3) is 5.76. The fourth-order valence-corrected chi connectivity index (χ4v) is 4.32. The SMILES string of the molecule is N#Cc1ccc(N2CCN(C(=O)CCc3nc4ccc(OCc5ccccc5)cc4c(=O)[nH]3)CC2)nc1. The van der Waals surface area contributed by atoms with Crippen LogP contribution in [0.5, 0.6) is 5.75 Å². The lowest BCUT2D eigenvalue weighted by Crippen LogP contribution is -2.49. The molecule has 9 nitrogen and oxygen atoms in total. The zero-order valence-electron chi connectivity index (χ0n) is 20.3. The molecule has 2 aromatic heterocycles. The van der Waals surface area contributed by atoms with Crippen molar-refractivity contribution < 1.29 is 9.53 Å². The third-order valence-corrected chi connectivity index (χ3v) is 6.38. The maximum Gasteiger partial charge on any atom is 0.258 e. The molecule has 0 bridgehead atoms. The summed E-state index contributed by atoms with van der Waals surface area (Å²) in [6.45, 7) is 2.94. The molecule has 1 amide bonds. The molecule has 0 spiro atoms. The van der Waals surface area contributed by atoms with Crippen LogP contribution in [0.1, 0.15) is 23.4 Å². The van der Waals surface area contributed by atoms with E-state index in [1.807, 2.05) is 41.3 Å². The number of fused-ring (bicyclic) bond motifs is 1. The number of carbonyl (C=O) groups excluding carboxylic acids is 1. The molecule has 1 saturated heterocycles. The van der Waals surface area contributed by atoms with Crippen LogP contribution >= 0.6 is 0 Å². The second kappa shape index (κ2) is 10.9. The van der Waals surface area contributed by atoms with Crippen molar-refractivity contribution in [1.29, 1.82) is 5.26 Å². The number of aromatic amines is 1. The molecule has 3 heterocycles. The molecule has 2 aromatic carbocycles. The lowest BCUT2D eigenvalue weighted by atomic mass is 10.2. The van der Waals surface area contributed by atoms with Crippen molar-refractivity contribution in [2.24, 2.45) is 0 Å². The minimum absolute atomic E-state index is 0.0276. The summed E-state index contributed by atoms with van der Waals surface area (Å²) in [6, 6.07) is 20.7. The van der Waals surface area contributed by atoms with E-state index in [-0.39, 0.29) is 17.9 Å². The van der Waals surface area contributed by atoms with E-state index in [0.29, 0.717) is 67.2 Å². The predicted molar refractivity (Wildman–Crippen MR) is 139 cm³/mol. The van der Waals surface area contributed by atoms with Gasteiger partial charge in [-0.05, 0) is 35.9 Å². The Morgan fingerprint density at radius 3 is 2.59 bits per heavy atom. The first-order chi connectivity index (χ1) is 18.1. The summed E-state index contributed by atoms with van der Waals surface area (Å²) in [5.74, 6) is 1.92. The fraction of sp³-hybridized carbons (Fsp3) is 0.250. The number of amides is 1. The van der Waals surface area contributed by atoms with Crippen molar-refractivity contribution >= 4 is 22.6 Å². The monoisotopic (exact) mass is 494 g/mol. The van der Waals surface area contributed by atoms with Gasteiger partial charge in [-0.15, -0.1) is 0 Å². The number of nitrogens with zero attached hydrogens (tertiary/aromatic N) is 5. The first-order valence-corrected chi connectivity index (χ1v) is 12.2. The number of nitrogens with one attached hydrogen (secondary N) is 1. The van der Waals surface area contributed by atoms with E-state index in [0.717, 1.165) is 11.4 Å². The lowest BCUT2D eigenvalue weighted by Gasteiger charge is -2.35. The van der Waals surface area contributed by atoms with Crippen LogP contribution in [0.15, 0.2) is 71.7 Å². The van der Waals surface area contributed by atoms with Crippen LogP contribution in [-0.4, -0.2) is 51.9 Å². The molecular formula is C28H26N6O3. The van der Waals surface area contributed by atoms with Gasteiger partial charge < -0.3 is 19.5 Å². The molecule has 0 saturated carbocycles. The van der Waals surface area contributed by atoms with Gasteiger partial charge in [-0.1, -0.05) is 30.3 Å². The number of hydrogen-bond acceptors (Lipinski definition) is 7. The van der Waals surface area contributed by atoms with Crippen LogP contribution in [0.25, 0.3) is 10.9 Å². The summed E-state index contributed by atoms with van der Waals surface area (Å²) in [4.78, 5) is 41.1. The van der Waals surface area contributed by atoms with Gasteiger partial charge in [0.25, 0.3) is 5.56 Å². The molecule has 1 aliphatic heterocycles. The molecule has 1 fully saturated rings. The Bertz CT molecular complexity index is 1490. The summed E-state index contributed by atoms with van der Waals surface area (Å²) in [7, 11) is 0. The van der Waals surface area contributed by atoms with Crippen molar-refractivity contribution in [2.45, 2.75) is 19.4 Å². The van der Waals surface area contributed by atoms with Gasteiger partial charge in [0.15, 0.2) is 0 Å². The quantitative estimate of drug-likeness (QED) is 0.420. The maximum atomic E-state index is 12.8. The minimum Gasteiger partial charge on any atom is -0.489 e. The zero-order valence-corrected chi connectivity index (χ0v) is 20.3. The van der Waals surface area contributed by atoms with E-state index in [1.165, 1.54) is 0 Å². The second-order valence-corrected chi connectivity index (χ2v) is 8.85. The number of piperazine rings is 1. The number of aryl methyl sites for hydroxylation is 1. The highest BCUT2D eigenvalue weighted by Crippen LogP contribution is 2.19. The van der Waals surface area contributed by atoms with Gasteiger partial charge >= 0.3 is 0 Å². The van der Waals surface area contributed by atoms with Crippen LogP contribution in [-0.2, 0) is 17.8 Å². The zero-order chi connectivity index (χ0) is 25.6. The number of nitriles is 1. The van der Waals surface area contributed by atoms with Crippen LogP contribution in [0.2, 0.25) is 0 Å². The van der Waals surface area contributed by atoms with Crippen LogP contribution in [0.3, 0.4) is 0 Å². The van der Waals surface area contributed by atoms with Crippen LogP contribution < -0.4 is 15.2 Å². The van der Waals surface area contributed by atoms with Crippen molar-refractivity contribution in [2.75, 3.05) is 31.1 Å². The first-order valence-electron chi connectivity index (χ1n) is 12.2. The van der Waals surface area contributed by atoms with Gasteiger partial charge in [-0.3, -0.25) is 9.59 Å². The van der Waals surface area contributed by atoms with E-state index >= 15 is 0 Å². The van der Waals surface area contributed by atoms with E-state index < -0.39 is 0 Å². The highest BCUT2D eigenvalue weighted by molar-refractivity contribution is 5.79. The molecule has 1 N–H and O–H groups in total. The third-order valence-electron chi connectivity index (χ3n) is 6.38. The van der Waals surface area contributed by atoms with Crippen molar-refractivity contribution in [1.82, 2.24) is 19.9 Å². The molecule has 1 aliphatic rings. The first kappa shape index (κ1) is 24.0. The van der Waals surface area contributed by atoms with E-state index in [4.69, 9.17) is 10.00 Å². The van der Waals surface area contributed by atoms with Gasteiger partial charge in [0.05, 0.1) is 16.5 Å². The molecule has 0 radical (unpaired) electrons. The Kier molecular flexibility index (Phi) is 7.08. The van der Waals surface area contributed by atoms with E-state index in [2.05, 4.69) is 25.9 Å². The van der Waals surface area contributed by atoms with Crippen molar-refractivity contribution in [3.05, 3.63) is 94.2 Å². The largest absolute Gasteiger partial charge is 0.489 e. The number of carbonyl (C=O) groups is 1. The van der Waals surface area contributed by atoms with Crippen LogP contribution in [0.4, 0.5) is 5.82 Å². The minimum atomic E-state index is -0.249. The highest BCUT2D eigenvalue weighted by Gasteiger charge is 2.22. The maximum absolute atomic E-state index is 12.8. The van der Waals surface area contributed by atoms with Gasteiger partial charge in [0.1, 0.15) is 30.1 Å². The second-order valence-electron chi connectivity index (χ2n) is 8.85. The Labute approximate surface area is 214 Å². The number of hydrogen-bond donors (Lipinski definition) is 1. The standard InChI is InChI=1S/C28H26N6O3/c29-17-21-6-10-26(30-18-21)33-12-14-34(15-13-33)27(35)11-9-25-31-24-8-7-22(16-23(24)28(36)32-25)37-19-20-4-2-1-3-5-20/h1-8,10,16,18H,9,11-15,19H2,(H,31,32,36). The number of benzene rings is 2. The van der Waals surface area contributed by atoms with Gasteiger partial charge in [0, 0.05) is 45.2 Å². The molecule has 37 heavy (non-hydrogen) atoms. The smallest absolute Gasteiger partial charge is 0.258 e. The molecule has 5 rings (SSSR count). The molecule has 186 valence electrons. The number of rotatable bonds is 7. The molecular weight excluding hydrogens is 468 g/mol.